The lowest BCUT2D eigenvalue weighted by Gasteiger charge is -2.26. The van der Waals surface area contributed by atoms with Gasteiger partial charge in [0.15, 0.2) is 0 Å². The molecule has 2 N–H and O–H groups in total. The van der Waals surface area contributed by atoms with Crippen molar-refractivity contribution in [3.05, 3.63) is 0 Å². The number of ether oxygens (including phenoxy) is 1. The fourth-order valence-electron chi connectivity index (χ4n) is 2.43. The molecular formula is C14H26N2O3. The lowest BCUT2D eigenvalue weighted by Crippen LogP contribution is -2.39. The van der Waals surface area contributed by atoms with E-state index < -0.39 is 5.97 Å². The van der Waals surface area contributed by atoms with E-state index >= 15 is 0 Å². The summed E-state index contributed by atoms with van der Waals surface area (Å²) >= 11 is 0. The van der Waals surface area contributed by atoms with Crippen molar-refractivity contribution in [3.8, 4) is 0 Å². The Kier molecular flexibility index (Phi) is 7.30. The van der Waals surface area contributed by atoms with E-state index in [0.29, 0.717) is 13.2 Å². The normalized spacial score (nSPS) is 22.6. The SMILES string of the molecule is CCOC(=O)CNC(=O)NCCC1CCC(C)CC1. The maximum atomic E-state index is 11.4. The first-order valence-corrected chi connectivity index (χ1v) is 7.29. The summed E-state index contributed by atoms with van der Waals surface area (Å²) in [4.78, 5) is 22.5. The number of amides is 2. The summed E-state index contributed by atoms with van der Waals surface area (Å²) in [5.41, 5.74) is 0. The van der Waals surface area contributed by atoms with E-state index in [1.165, 1.54) is 25.7 Å². The van der Waals surface area contributed by atoms with Crippen LogP contribution in [0, 0.1) is 11.8 Å². The van der Waals surface area contributed by atoms with E-state index in [0.717, 1.165) is 18.3 Å². The molecule has 0 aromatic heterocycles. The molecule has 110 valence electrons. The number of carbonyl (C=O) groups excluding carboxylic acids is 2. The molecule has 0 aromatic rings. The van der Waals surface area contributed by atoms with Gasteiger partial charge in [-0.3, -0.25) is 4.79 Å². The summed E-state index contributed by atoms with van der Waals surface area (Å²) < 4.78 is 4.72. The van der Waals surface area contributed by atoms with Crippen molar-refractivity contribution in [1.82, 2.24) is 10.6 Å². The fraction of sp³-hybridized carbons (Fsp3) is 0.857. The van der Waals surface area contributed by atoms with Crippen LogP contribution in [0.2, 0.25) is 0 Å². The van der Waals surface area contributed by atoms with Crippen LogP contribution >= 0.6 is 0 Å². The second-order valence-corrected chi connectivity index (χ2v) is 5.33. The molecule has 1 rings (SSSR count). The lowest BCUT2D eigenvalue weighted by molar-refractivity contribution is -0.141. The molecule has 5 nitrogen and oxygen atoms in total. The van der Waals surface area contributed by atoms with Crippen LogP contribution in [0.5, 0.6) is 0 Å². The number of esters is 1. The van der Waals surface area contributed by atoms with Crippen molar-refractivity contribution in [3.63, 3.8) is 0 Å². The topological polar surface area (TPSA) is 67.4 Å². The zero-order chi connectivity index (χ0) is 14.1. The molecule has 0 bridgehead atoms. The molecule has 0 atom stereocenters. The minimum atomic E-state index is -0.404. The number of nitrogens with one attached hydrogen (secondary N) is 2. The second-order valence-electron chi connectivity index (χ2n) is 5.33. The third-order valence-electron chi connectivity index (χ3n) is 3.67. The molecule has 1 saturated carbocycles. The average molecular weight is 270 g/mol. The molecule has 1 aliphatic rings. The van der Waals surface area contributed by atoms with Crippen LogP contribution in [-0.2, 0) is 9.53 Å². The summed E-state index contributed by atoms with van der Waals surface area (Å²) in [6, 6.07) is -0.294. The number of carbonyl (C=O) groups is 2. The molecule has 0 heterocycles. The smallest absolute Gasteiger partial charge is 0.325 e. The number of urea groups is 1. The largest absolute Gasteiger partial charge is 0.465 e. The van der Waals surface area contributed by atoms with Gasteiger partial charge in [-0.1, -0.05) is 32.6 Å². The predicted molar refractivity (Wildman–Crippen MR) is 73.8 cm³/mol. The van der Waals surface area contributed by atoms with Gasteiger partial charge in [-0.25, -0.2) is 4.79 Å². The Morgan fingerprint density at radius 3 is 2.47 bits per heavy atom. The Balaban J connectivity index is 2.02. The highest BCUT2D eigenvalue weighted by atomic mass is 16.5. The molecule has 0 spiro atoms. The van der Waals surface area contributed by atoms with Crippen molar-refractivity contribution < 1.29 is 14.3 Å². The Labute approximate surface area is 115 Å². The highest BCUT2D eigenvalue weighted by Crippen LogP contribution is 2.29. The monoisotopic (exact) mass is 270 g/mol. The molecule has 1 aliphatic carbocycles. The molecule has 5 heteroatoms. The summed E-state index contributed by atoms with van der Waals surface area (Å²) in [5, 5.41) is 5.27. The van der Waals surface area contributed by atoms with Gasteiger partial charge in [0.05, 0.1) is 6.61 Å². The van der Waals surface area contributed by atoms with E-state index in [1.807, 2.05) is 0 Å². The van der Waals surface area contributed by atoms with Gasteiger partial charge in [-0.05, 0) is 25.2 Å². The van der Waals surface area contributed by atoms with Crippen molar-refractivity contribution in [2.45, 2.75) is 46.0 Å². The number of hydrogen-bond donors (Lipinski definition) is 2. The Hall–Kier alpha value is -1.26. The van der Waals surface area contributed by atoms with Crippen molar-refractivity contribution in [2.24, 2.45) is 11.8 Å². The fourth-order valence-corrected chi connectivity index (χ4v) is 2.43. The maximum Gasteiger partial charge on any atom is 0.325 e. The first kappa shape index (κ1) is 15.8. The third kappa shape index (κ3) is 7.03. The minimum Gasteiger partial charge on any atom is -0.465 e. The molecule has 0 saturated heterocycles. The zero-order valence-corrected chi connectivity index (χ0v) is 12.0. The van der Waals surface area contributed by atoms with Crippen LogP contribution in [0.1, 0.15) is 46.0 Å². The Morgan fingerprint density at radius 2 is 1.84 bits per heavy atom. The highest BCUT2D eigenvalue weighted by Gasteiger charge is 2.17. The number of hydrogen-bond acceptors (Lipinski definition) is 3. The average Bonchev–Trinajstić information content (AvgIpc) is 2.39. The summed E-state index contributed by atoms with van der Waals surface area (Å²) in [6.45, 7) is 4.98. The second kappa shape index (κ2) is 8.77. The molecule has 2 amide bonds. The van der Waals surface area contributed by atoms with Crippen molar-refractivity contribution >= 4 is 12.0 Å². The van der Waals surface area contributed by atoms with E-state index in [1.54, 1.807) is 6.92 Å². The van der Waals surface area contributed by atoms with Gasteiger partial charge in [-0.2, -0.15) is 0 Å². The first-order chi connectivity index (χ1) is 9.11. The Morgan fingerprint density at radius 1 is 1.16 bits per heavy atom. The van der Waals surface area contributed by atoms with Crippen LogP contribution < -0.4 is 10.6 Å². The van der Waals surface area contributed by atoms with Crippen LogP contribution in [-0.4, -0.2) is 31.7 Å². The maximum absolute atomic E-state index is 11.4. The van der Waals surface area contributed by atoms with Crippen molar-refractivity contribution in [2.75, 3.05) is 19.7 Å². The molecule has 0 unspecified atom stereocenters. The van der Waals surface area contributed by atoms with Crippen LogP contribution in [0.25, 0.3) is 0 Å². The van der Waals surface area contributed by atoms with Gasteiger partial charge in [0, 0.05) is 6.54 Å². The van der Waals surface area contributed by atoms with Crippen molar-refractivity contribution in [1.29, 1.82) is 0 Å². The molecule has 0 aliphatic heterocycles. The lowest BCUT2D eigenvalue weighted by atomic mass is 9.81. The van der Waals surface area contributed by atoms with Crippen LogP contribution in [0.3, 0.4) is 0 Å². The van der Waals surface area contributed by atoms with Crippen LogP contribution in [0.4, 0.5) is 4.79 Å². The van der Waals surface area contributed by atoms with E-state index in [2.05, 4.69) is 17.6 Å². The summed E-state index contributed by atoms with van der Waals surface area (Å²) in [7, 11) is 0. The van der Waals surface area contributed by atoms with Gasteiger partial charge in [0.1, 0.15) is 6.54 Å². The first-order valence-electron chi connectivity index (χ1n) is 7.29. The molecular weight excluding hydrogens is 244 g/mol. The standard InChI is InChI=1S/C14H26N2O3/c1-3-19-13(17)10-16-14(18)15-9-8-12-6-4-11(2)5-7-12/h11-12H,3-10H2,1-2H3,(H2,15,16,18). The summed E-state index contributed by atoms with van der Waals surface area (Å²) in [5.74, 6) is 1.19. The zero-order valence-electron chi connectivity index (χ0n) is 12.0. The molecule has 1 fully saturated rings. The summed E-state index contributed by atoms with van der Waals surface area (Å²) in [6.07, 6.45) is 6.18. The van der Waals surface area contributed by atoms with Gasteiger partial charge in [-0.15, -0.1) is 0 Å². The van der Waals surface area contributed by atoms with Crippen LogP contribution in [0.15, 0.2) is 0 Å². The number of rotatable bonds is 6. The minimum absolute atomic E-state index is 0.0688. The highest BCUT2D eigenvalue weighted by molar-refractivity contribution is 5.80. The molecule has 0 aromatic carbocycles. The van der Waals surface area contributed by atoms with E-state index in [9.17, 15) is 9.59 Å². The van der Waals surface area contributed by atoms with Gasteiger partial charge in [0.2, 0.25) is 0 Å². The molecule has 0 radical (unpaired) electrons. The predicted octanol–water partition coefficient (Wildman–Crippen LogP) is 2.07. The quantitative estimate of drug-likeness (QED) is 0.726. The van der Waals surface area contributed by atoms with E-state index in [-0.39, 0.29) is 12.6 Å². The van der Waals surface area contributed by atoms with Gasteiger partial charge >= 0.3 is 12.0 Å². The van der Waals surface area contributed by atoms with E-state index in [4.69, 9.17) is 4.74 Å². The Bertz CT molecular complexity index is 286. The third-order valence-corrected chi connectivity index (χ3v) is 3.67. The van der Waals surface area contributed by atoms with Gasteiger partial charge in [0.25, 0.3) is 0 Å². The molecule has 19 heavy (non-hydrogen) atoms. The van der Waals surface area contributed by atoms with Gasteiger partial charge < -0.3 is 15.4 Å².